The van der Waals surface area contributed by atoms with Gasteiger partial charge in [0.2, 0.25) is 5.95 Å². The maximum Gasteiger partial charge on any atom is 0.228 e. The summed E-state index contributed by atoms with van der Waals surface area (Å²) in [5.41, 5.74) is 2.60. The van der Waals surface area contributed by atoms with Gasteiger partial charge in [0.25, 0.3) is 0 Å². The number of nitrogens with zero attached hydrogens (tertiary/aromatic N) is 7. The summed E-state index contributed by atoms with van der Waals surface area (Å²) in [5, 5.41) is 16.5. The van der Waals surface area contributed by atoms with Gasteiger partial charge in [0, 0.05) is 42.7 Å². The smallest absolute Gasteiger partial charge is 0.228 e. The van der Waals surface area contributed by atoms with Crippen molar-refractivity contribution in [3.63, 3.8) is 0 Å². The van der Waals surface area contributed by atoms with Crippen molar-refractivity contribution in [1.29, 1.82) is 0 Å². The van der Waals surface area contributed by atoms with Crippen molar-refractivity contribution >= 4 is 29.2 Å². The second kappa shape index (κ2) is 7.36. The lowest BCUT2D eigenvalue weighted by molar-refractivity contribution is 0.775. The molecular weight excluding hydrogens is 360 g/mol. The molecule has 0 fully saturated rings. The number of pyridine rings is 1. The quantitative estimate of drug-likeness (QED) is 0.550. The molecule has 0 aliphatic rings. The number of anilines is 2. The summed E-state index contributed by atoms with van der Waals surface area (Å²) in [7, 11) is 1.86. The van der Waals surface area contributed by atoms with Gasteiger partial charge in [0.1, 0.15) is 11.6 Å². The standard InChI is InChI=1S/C18H20N8S/c1-12(27-3)10-16-23-24-17-11-13(6-9-26(16)17)14-4-7-19-18(21-14)22-15-5-8-20-25(15)2/h4-9,11-12H,10H2,1-3H3,(H,19,21,22). The van der Waals surface area contributed by atoms with E-state index in [9.17, 15) is 0 Å². The fourth-order valence-electron chi connectivity index (χ4n) is 2.77. The highest BCUT2D eigenvalue weighted by Gasteiger charge is 2.11. The first kappa shape index (κ1) is 17.5. The van der Waals surface area contributed by atoms with Gasteiger partial charge in [-0.05, 0) is 24.5 Å². The molecule has 0 saturated carbocycles. The van der Waals surface area contributed by atoms with Crippen LogP contribution >= 0.6 is 11.8 Å². The van der Waals surface area contributed by atoms with E-state index in [1.165, 1.54) is 0 Å². The fraction of sp³-hybridized carbons (Fsp3) is 0.278. The molecule has 0 saturated heterocycles. The molecule has 0 spiro atoms. The number of aryl methyl sites for hydroxylation is 1. The zero-order chi connectivity index (χ0) is 18.8. The van der Waals surface area contributed by atoms with Crippen LogP contribution in [0.3, 0.4) is 0 Å². The zero-order valence-corrected chi connectivity index (χ0v) is 16.2. The number of fused-ring (bicyclic) bond motifs is 1. The third-order valence-electron chi connectivity index (χ3n) is 4.37. The molecule has 0 radical (unpaired) electrons. The van der Waals surface area contributed by atoms with Gasteiger partial charge in [0.15, 0.2) is 5.65 Å². The minimum atomic E-state index is 0.500. The minimum Gasteiger partial charge on any atom is -0.309 e. The highest BCUT2D eigenvalue weighted by Crippen LogP contribution is 2.21. The first-order valence-electron chi connectivity index (χ1n) is 8.59. The third-order valence-corrected chi connectivity index (χ3v) is 5.34. The molecule has 0 bridgehead atoms. The maximum atomic E-state index is 4.61. The molecule has 0 aliphatic heterocycles. The van der Waals surface area contributed by atoms with Crippen molar-refractivity contribution < 1.29 is 0 Å². The predicted molar refractivity (Wildman–Crippen MR) is 107 cm³/mol. The number of aromatic nitrogens is 7. The van der Waals surface area contributed by atoms with Crippen LogP contribution in [0.25, 0.3) is 16.9 Å². The van der Waals surface area contributed by atoms with Crippen molar-refractivity contribution in [3.8, 4) is 11.3 Å². The van der Waals surface area contributed by atoms with Crippen molar-refractivity contribution in [2.45, 2.75) is 18.6 Å². The summed E-state index contributed by atoms with van der Waals surface area (Å²) in [5.74, 6) is 2.32. The number of hydrogen-bond acceptors (Lipinski definition) is 7. The van der Waals surface area contributed by atoms with Gasteiger partial charge < -0.3 is 5.32 Å². The van der Waals surface area contributed by atoms with Gasteiger partial charge in [-0.15, -0.1) is 10.2 Å². The van der Waals surface area contributed by atoms with Gasteiger partial charge in [-0.1, -0.05) is 6.92 Å². The number of hydrogen-bond donors (Lipinski definition) is 1. The molecule has 0 amide bonds. The summed E-state index contributed by atoms with van der Waals surface area (Å²) in [6.45, 7) is 2.19. The Balaban J connectivity index is 1.62. The Bertz CT molecular complexity index is 1070. The molecular formula is C18H20N8S. The third kappa shape index (κ3) is 3.63. The molecule has 8 nitrogen and oxygen atoms in total. The van der Waals surface area contributed by atoms with E-state index in [4.69, 9.17) is 0 Å². The van der Waals surface area contributed by atoms with E-state index in [0.717, 1.165) is 35.0 Å². The molecule has 0 aromatic carbocycles. The van der Waals surface area contributed by atoms with E-state index in [0.29, 0.717) is 11.2 Å². The van der Waals surface area contributed by atoms with Gasteiger partial charge in [-0.2, -0.15) is 16.9 Å². The molecule has 4 aromatic rings. The van der Waals surface area contributed by atoms with Crippen molar-refractivity contribution in [2.75, 3.05) is 11.6 Å². The second-order valence-electron chi connectivity index (χ2n) is 6.24. The molecule has 1 atom stereocenters. The molecule has 1 N–H and O–H groups in total. The van der Waals surface area contributed by atoms with Crippen molar-refractivity contribution in [1.82, 2.24) is 34.3 Å². The normalized spacial score (nSPS) is 12.4. The Morgan fingerprint density at radius 3 is 2.85 bits per heavy atom. The minimum absolute atomic E-state index is 0.500. The van der Waals surface area contributed by atoms with Gasteiger partial charge in [-0.25, -0.2) is 9.97 Å². The molecule has 1 unspecified atom stereocenters. The summed E-state index contributed by atoms with van der Waals surface area (Å²) in [6.07, 6.45) is 8.46. The Kier molecular flexibility index (Phi) is 4.76. The monoisotopic (exact) mass is 380 g/mol. The number of rotatable bonds is 6. The number of nitrogens with one attached hydrogen (secondary N) is 1. The summed E-state index contributed by atoms with van der Waals surface area (Å²) < 4.78 is 3.77. The summed E-state index contributed by atoms with van der Waals surface area (Å²) >= 11 is 1.82. The topological polar surface area (TPSA) is 85.8 Å². The van der Waals surface area contributed by atoms with Gasteiger partial charge in [-0.3, -0.25) is 9.08 Å². The Labute approximate surface area is 161 Å². The predicted octanol–water partition coefficient (Wildman–Crippen LogP) is 2.96. The van der Waals surface area contributed by atoms with E-state index < -0.39 is 0 Å². The molecule has 4 rings (SSSR count). The van der Waals surface area contributed by atoms with E-state index in [-0.39, 0.29) is 0 Å². The van der Waals surface area contributed by atoms with Crippen molar-refractivity contribution in [2.24, 2.45) is 7.05 Å². The van der Waals surface area contributed by atoms with Crippen LogP contribution in [0.4, 0.5) is 11.8 Å². The Morgan fingerprint density at radius 1 is 1.19 bits per heavy atom. The SMILES string of the molecule is CSC(C)Cc1nnc2cc(-c3ccnc(Nc4ccnn4C)n3)ccn12. The van der Waals surface area contributed by atoms with Crippen LogP contribution in [0.15, 0.2) is 42.9 Å². The van der Waals surface area contributed by atoms with Gasteiger partial charge in [0.05, 0.1) is 11.9 Å². The van der Waals surface area contributed by atoms with Crippen LogP contribution in [-0.2, 0) is 13.5 Å². The highest BCUT2D eigenvalue weighted by molar-refractivity contribution is 7.99. The van der Waals surface area contributed by atoms with Gasteiger partial charge >= 0.3 is 0 Å². The van der Waals surface area contributed by atoms with Crippen LogP contribution in [0.2, 0.25) is 0 Å². The van der Waals surface area contributed by atoms with Crippen LogP contribution in [0, 0.1) is 0 Å². The lowest BCUT2D eigenvalue weighted by Gasteiger charge is -2.08. The average molecular weight is 380 g/mol. The summed E-state index contributed by atoms with van der Waals surface area (Å²) in [4.78, 5) is 8.90. The highest BCUT2D eigenvalue weighted by atomic mass is 32.2. The molecule has 9 heteroatoms. The first-order valence-corrected chi connectivity index (χ1v) is 9.88. The zero-order valence-electron chi connectivity index (χ0n) is 15.4. The number of thioether (sulfide) groups is 1. The molecule has 27 heavy (non-hydrogen) atoms. The Hall–Kier alpha value is -2.94. The van der Waals surface area contributed by atoms with Crippen molar-refractivity contribution in [3.05, 3.63) is 48.7 Å². The van der Waals surface area contributed by atoms with Crippen LogP contribution < -0.4 is 5.32 Å². The van der Waals surface area contributed by atoms with E-state index in [2.05, 4.69) is 43.8 Å². The lowest BCUT2D eigenvalue weighted by atomic mass is 10.2. The molecule has 0 aliphatic carbocycles. The van der Waals surface area contributed by atoms with Crippen LogP contribution in [-0.4, -0.2) is 45.9 Å². The summed E-state index contributed by atoms with van der Waals surface area (Å²) in [6, 6.07) is 7.78. The van der Waals surface area contributed by atoms with Crippen LogP contribution in [0.1, 0.15) is 12.7 Å². The molecule has 4 aromatic heterocycles. The largest absolute Gasteiger partial charge is 0.309 e. The van der Waals surface area contributed by atoms with E-state index >= 15 is 0 Å². The maximum absolute atomic E-state index is 4.61. The van der Waals surface area contributed by atoms with E-state index in [1.54, 1.807) is 17.1 Å². The fourth-order valence-corrected chi connectivity index (χ4v) is 3.09. The Morgan fingerprint density at radius 2 is 2.07 bits per heavy atom. The first-order chi connectivity index (χ1) is 13.1. The average Bonchev–Trinajstić information content (AvgIpc) is 3.28. The molecule has 138 valence electrons. The molecule has 4 heterocycles. The van der Waals surface area contributed by atoms with E-state index in [1.807, 2.05) is 53.7 Å². The second-order valence-corrected chi connectivity index (χ2v) is 7.52. The van der Waals surface area contributed by atoms with Crippen LogP contribution in [0.5, 0.6) is 0 Å². The lowest BCUT2D eigenvalue weighted by Crippen LogP contribution is -2.05.